The van der Waals surface area contributed by atoms with Crippen LogP contribution in [0.3, 0.4) is 0 Å². The third kappa shape index (κ3) is 1.75. The minimum absolute atomic E-state index is 0.132. The van der Waals surface area contributed by atoms with Gasteiger partial charge in [-0.05, 0) is 0 Å². The highest BCUT2D eigenvalue weighted by atomic mass is 32.1. The monoisotopic (exact) mass is 228 g/mol. The van der Waals surface area contributed by atoms with Crippen molar-refractivity contribution in [1.82, 2.24) is 4.98 Å². The predicted molar refractivity (Wildman–Crippen MR) is 53.5 cm³/mol. The number of phenolic OH excluding ortho intramolecular Hbond substituents is 1. The Hall–Kier alpha value is -1.69. The lowest BCUT2D eigenvalue weighted by Crippen LogP contribution is -1.91. The number of aromatic hydroxyl groups is 1. The van der Waals surface area contributed by atoms with E-state index in [4.69, 9.17) is 10.8 Å². The summed E-state index contributed by atoms with van der Waals surface area (Å²) in [5.74, 6) is -2.19. The van der Waals surface area contributed by atoms with E-state index in [1.165, 1.54) is 5.38 Å². The number of nitrogens with two attached hydrogens (primary N) is 1. The summed E-state index contributed by atoms with van der Waals surface area (Å²) in [4.78, 5) is 3.77. The zero-order chi connectivity index (χ0) is 11.0. The number of hydrogen-bond acceptors (Lipinski definition) is 4. The second kappa shape index (κ2) is 3.47. The van der Waals surface area contributed by atoms with Gasteiger partial charge in [0.2, 0.25) is 0 Å². The number of benzene rings is 1. The molecule has 0 saturated carbocycles. The van der Waals surface area contributed by atoms with E-state index in [0.29, 0.717) is 0 Å². The van der Waals surface area contributed by atoms with Gasteiger partial charge in [-0.1, -0.05) is 0 Å². The van der Waals surface area contributed by atoms with Crippen molar-refractivity contribution < 1.29 is 13.9 Å². The molecule has 0 atom stereocenters. The highest BCUT2D eigenvalue weighted by Crippen LogP contribution is 2.30. The van der Waals surface area contributed by atoms with Gasteiger partial charge in [-0.3, -0.25) is 0 Å². The van der Waals surface area contributed by atoms with Crippen LogP contribution in [0.4, 0.5) is 13.9 Å². The second-order valence-electron chi connectivity index (χ2n) is 2.86. The Morgan fingerprint density at radius 3 is 2.33 bits per heavy atom. The third-order valence-electron chi connectivity index (χ3n) is 1.80. The number of thiazole rings is 1. The summed E-state index contributed by atoms with van der Waals surface area (Å²) in [5, 5.41) is 10.6. The fourth-order valence-electron chi connectivity index (χ4n) is 1.21. The summed E-state index contributed by atoms with van der Waals surface area (Å²) in [5.41, 5.74) is 5.21. The molecule has 0 aliphatic rings. The molecule has 78 valence electrons. The third-order valence-corrected chi connectivity index (χ3v) is 2.48. The van der Waals surface area contributed by atoms with Crippen LogP contribution in [0.2, 0.25) is 0 Å². The van der Waals surface area contributed by atoms with Crippen LogP contribution in [0.25, 0.3) is 11.3 Å². The molecule has 1 aromatic carbocycles. The molecule has 2 aromatic rings. The average molecular weight is 228 g/mol. The molecule has 1 aromatic heterocycles. The maximum absolute atomic E-state index is 13.3. The van der Waals surface area contributed by atoms with Crippen molar-refractivity contribution in [2.75, 3.05) is 5.73 Å². The van der Waals surface area contributed by atoms with Crippen LogP contribution in [0.1, 0.15) is 0 Å². The molecule has 0 saturated heterocycles. The Bertz CT molecular complexity index is 490. The van der Waals surface area contributed by atoms with E-state index in [1.807, 2.05) is 0 Å². The molecule has 0 aliphatic heterocycles. The Kier molecular flexibility index (Phi) is 2.28. The smallest absolute Gasteiger partial charge is 0.180 e. The molecule has 0 amide bonds. The lowest BCUT2D eigenvalue weighted by molar-refractivity contribution is 0.461. The lowest BCUT2D eigenvalue weighted by atomic mass is 10.1. The largest absolute Gasteiger partial charge is 0.508 e. The molecule has 0 spiro atoms. The van der Waals surface area contributed by atoms with Crippen molar-refractivity contribution in [3.8, 4) is 17.0 Å². The number of aromatic nitrogens is 1. The van der Waals surface area contributed by atoms with Gasteiger partial charge in [0.1, 0.15) is 17.4 Å². The Balaban J connectivity index is 2.62. The van der Waals surface area contributed by atoms with Gasteiger partial charge in [0.25, 0.3) is 0 Å². The van der Waals surface area contributed by atoms with Crippen molar-refractivity contribution in [2.45, 2.75) is 0 Å². The zero-order valence-electron chi connectivity index (χ0n) is 7.37. The Labute approximate surface area is 87.8 Å². The van der Waals surface area contributed by atoms with Crippen LogP contribution < -0.4 is 5.73 Å². The first-order valence-corrected chi connectivity index (χ1v) is 4.85. The fraction of sp³-hybridized carbons (Fsp3) is 0. The number of anilines is 1. The molecule has 3 nitrogen and oxygen atoms in total. The first-order valence-electron chi connectivity index (χ1n) is 3.97. The second-order valence-corrected chi connectivity index (χ2v) is 3.75. The minimum atomic E-state index is -0.863. The van der Waals surface area contributed by atoms with E-state index in [0.717, 1.165) is 23.5 Å². The Morgan fingerprint density at radius 1 is 1.27 bits per heavy atom. The van der Waals surface area contributed by atoms with E-state index in [2.05, 4.69) is 4.98 Å². The van der Waals surface area contributed by atoms with Crippen LogP contribution in [-0.4, -0.2) is 10.1 Å². The topological polar surface area (TPSA) is 59.1 Å². The number of hydrogen-bond donors (Lipinski definition) is 2. The quantitative estimate of drug-likeness (QED) is 0.787. The van der Waals surface area contributed by atoms with Crippen LogP contribution in [0.15, 0.2) is 17.5 Å². The number of rotatable bonds is 1. The summed E-state index contributed by atoms with van der Waals surface area (Å²) < 4.78 is 26.7. The van der Waals surface area contributed by atoms with Gasteiger partial charge in [-0.25, -0.2) is 13.8 Å². The van der Waals surface area contributed by atoms with E-state index in [1.54, 1.807) is 0 Å². The molecule has 6 heteroatoms. The SMILES string of the molecule is Nc1nc(-c2c(F)cc(O)cc2F)cs1. The first-order chi connectivity index (χ1) is 7.08. The van der Waals surface area contributed by atoms with Gasteiger partial charge in [0.15, 0.2) is 5.13 Å². The van der Waals surface area contributed by atoms with Crippen molar-refractivity contribution in [1.29, 1.82) is 0 Å². The molecule has 1 heterocycles. The van der Waals surface area contributed by atoms with Crippen molar-refractivity contribution >= 4 is 16.5 Å². The van der Waals surface area contributed by atoms with Crippen LogP contribution in [0.5, 0.6) is 5.75 Å². The highest BCUT2D eigenvalue weighted by molar-refractivity contribution is 7.13. The number of nitrogen functional groups attached to an aromatic ring is 1. The van der Waals surface area contributed by atoms with E-state index >= 15 is 0 Å². The normalized spacial score (nSPS) is 10.5. The van der Waals surface area contributed by atoms with Gasteiger partial charge in [-0.2, -0.15) is 0 Å². The molecule has 2 rings (SSSR count). The molecule has 0 radical (unpaired) electrons. The van der Waals surface area contributed by atoms with E-state index < -0.39 is 17.4 Å². The molecule has 15 heavy (non-hydrogen) atoms. The lowest BCUT2D eigenvalue weighted by Gasteiger charge is -2.02. The minimum Gasteiger partial charge on any atom is -0.508 e. The van der Waals surface area contributed by atoms with Gasteiger partial charge < -0.3 is 10.8 Å². The van der Waals surface area contributed by atoms with Crippen LogP contribution >= 0.6 is 11.3 Å². The van der Waals surface area contributed by atoms with Gasteiger partial charge >= 0.3 is 0 Å². The summed E-state index contributed by atoms with van der Waals surface area (Å²) in [7, 11) is 0. The molecule has 0 fully saturated rings. The predicted octanol–water partition coefficient (Wildman–Crippen LogP) is 2.38. The maximum atomic E-state index is 13.3. The maximum Gasteiger partial charge on any atom is 0.180 e. The van der Waals surface area contributed by atoms with Crippen LogP contribution in [0, 0.1) is 11.6 Å². The summed E-state index contributed by atoms with van der Waals surface area (Å²) >= 11 is 1.09. The highest BCUT2D eigenvalue weighted by Gasteiger charge is 2.15. The molecule has 3 N–H and O–H groups in total. The Morgan fingerprint density at radius 2 is 1.87 bits per heavy atom. The van der Waals surface area contributed by atoms with Crippen molar-refractivity contribution in [3.05, 3.63) is 29.1 Å². The van der Waals surface area contributed by atoms with Crippen molar-refractivity contribution in [3.63, 3.8) is 0 Å². The molecule has 0 unspecified atom stereocenters. The van der Waals surface area contributed by atoms with Crippen LogP contribution in [-0.2, 0) is 0 Å². The molecular formula is C9H6F2N2OS. The van der Waals surface area contributed by atoms with E-state index in [-0.39, 0.29) is 16.4 Å². The number of nitrogens with zero attached hydrogens (tertiary/aromatic N) is 1. The molecule has 0 aliphatic carbocycles. The molecule has 0 bridgehead atoms. The summed E-state index contributed by atoms with van der Waals surface area (Å²) in [6, 6.07) is 1.65. The van der Waals surface area contributed by atoms with Gasteiger partial charge in [0.05, 0.1) is 11.3 Å². The average Bonchev–Trinajstić information content (AvgIpc) is 2.49. The van der Waals surface area contributed by atoms with E-state index in [9.17, 15) is 8.78 Å². The zero-order valence-corrected chi connectivity index (χ0v) is 8.18. The fourth-order valence-corrected chi connectivity index (χ4v) is 1.76. The van der Waals surface area contributed by atoms with Gasteiger partial charge in [0, 0.05) is 17.5 Å². The van der Waals surface area contributed by atoms with Crippen molar-refractivity contribution in [2.24, 2.45) is 0 Å². The molecular weight excluding hydrogens is 222 g/mol. The standard InChI is InChI=1S/C9H6F2N2OS/c10-5-1-4(14)2-6(11)8(5)7-3-15-9(12)13-7/h1-3,14H,(H2,12,13). The van der Waals surface area contributed by atoms with Gasteiger partial charge in [-0.15, -0.1) is 11.3 Å². The first kappa shape index (κ1) is 9.85. The summed E-state index contributed by atoms with van der Waals surface area (Å²) in [6.07, 6.45) is 0. The number of phenols is 1. The number of halogens is 2. The summed E-state index contributed by atoms with van der Waals surface area (Å²) in [6.45, 7) is 0.